The van der Waals surface area contributed by atoms with Crippen molar-refractivity contribution in [1.29, 1.82) is 0 Å². The highest BCUT2D eigenvalue weighted by Crippen LogP contribution is 2.28. The molecule has 4 heteroatoms. The molecule has 0 amide bonds. The van der Waals surface area contributed by atoms with Crippen molar-refractivity contribution in [1.82, 2.24) is 0 Å². The molecule has 0 N–H and O–H groups in total. The van der Waals surface area contributed by atoms with Gasteiger partial charge in [-0.05, 0) is 68.1 Å². The Balaban J connectivity index is 3.38. The zero-order valence-electron chi connectivity index (χ0n) is 6.20. The summed E-state index contributed by atoms with van der Waals surface area (Å²) >= 11 is 11.9. The van der Waals surface area contributed by atoms with E-state index in [1.165, 1.54) is 0 Å². The molecule has 64 valence electrons. The van der Waals surface area contributed by atoms with Crippen LogP contribution in [-0.2, 0) is 0 Å². The Bertz CT molecular complexity index is 313. The van der Waals surface area contributed by atoms with E-state index in [0.29, 0.717) is 5.56 Å². The Morgan fingerprint density at radius 3 is 2.08 bits per heavy atom. The molecule has 0 fully saturated rings. The van der Waals surface area contributed by atoms with Gasteiger partial charge in [-0.2, -0.15) is 0 Å². The standard InChI is InChI=1S/C8H5Br2ClO/c1-4-2-5(9)7(8(11)12)6(10)3-4/h2-3H,1H3. The fourth-order valence-electron chi connectivity index (χ4n) is 0.888. The van der Waals surface area contributed by atoms with Crippen LogP contribution in [0.15, 0.2) is 21.1 Å². The lowest BCUT2D eigenvalue weighted by molar-refractivity contribution is 0.108. The molecule has 0 aliphatic carbocycles. The van der Waals surface area contributed by atoms with Gasteiger partial charge in [0.1, 0.15) is 0 Å². The molecule has 0 bridgehead atoms. The molecule has 0 heterocycles. The monoisotopic (exact) mass is 310 g/mol. The zero-order valence-corrected chi connectivity index (χ0v) is 10.1. The molecule has 0 saturated heterocycles. The maximum Gasteiger partial charge on any atom is 0.254 e. The predicted octanol–water partition coefficient (Wildman–Crippen LogP) is 3.90. The van der Waals surface area contributed by atoms with Gasteiger partial charge >= 0.3 is 0 Å². The van der Waals surface area contributed by atoms with Crippen molar-refractivity contribution in [2.24, 2.45) is 0 Å². The molecule has 1 aromatic rings. The molecule has 0 aromatic heterocycles. The van der Waals surface area contributed by atoms with Crippen LogP contribution in [0.1, 0.15) is 15.9 Å². The Morgan fingerprint density at radius 1 is 1.33 bits per heavy atom. The number of benzene rings is 1. The van der Waals surface area contributed by atoms with E-state index in [1.807, 2.05) is 19.1 Å². The van der Waals surface area contributed by atoms with Gasteiger partial charge in [0, 0.05) is 8.95 Å². The van der Waals surface area contributed by atoms with Crippen LogP contribution in [0.25, 0.3) is 0 Å². The first-order valence-corrected chi connectivity index (χ1v) is 5.14. The fraction of sp³-hybridized carbons (Fsp3) is 0.125. The number of carbonyl (C=O) groups excluding carboxylic acids is 1. The van der Waals surface area contributed by atoms with Gasteiger partial charge in [0.15, 0.2) is 0 Å². The highest BCUT2D eigenvalue weighted by molar-refractivity contribution is 9.11. The highest BCUT2D eigenvalue weighted by atomic mass is 79.9. The lowest BCUT2D eigenvalue weighted by atomic mass is 10.2. The van der Waals surface area contributed by atoms with Crippen molar-refractivity contribution in [2.75, 3.05) is 0 Å². The van der Waals surface area contributed by atoms with Crippen LogP contribution >= 0.6 is 43.5 Å². The van der Waals surface area contributed by atoms with Gasteiger partial charge in [0.25, 0.3) is 5.24 Å². The zero-order chi connectivity index (χ0) is 9.30. The minimum atomic E-state index is -0.464. The Hall–Kier alpha value is 0.140. The van der Waals surface area contributed by atoms with E-state index in [0.717, 1.165) is 14.5 Å². The molecule has 12 heavy (non-hydrogen) atoms. The molecule has 0 spiro atoms. The molecule has 0 saturated carbocycles. The van der Waals surface area contributed by atoms with Gasteiger partial charge in [0.2, 0.25) is 0 Å². The Labute approximate surface area is 92.4 Å². The normalized spacial score (nSPS) is 10.0. The minimum absolute atomic E-state index is 0.464. The Kier molecular flexibility index (Phi) is 3.32. The molecular formula is C8H5Br2ClO. The SMILES string of the molecule is Cc1cc(Br)c(C(=O)Cl)c(Br)c1. The van der Waals surface area contributed by atoms with Crippen LogP contribution in [0, 0.1) is 6.92 Å². The van der Waals surface area contributed by atoms with E-state index >= 15 is 0 Å². The number of hydrogen-bond acceptors (Lipinski definition) is 1. The van der Waals surface area contributed by atoms with Crippen molar-refractivity contribution in [3.05, 3.63) is 32.2 Å². The van der Waals surface area contributed by atoms with E-state index in [4.69, 9.17) is 11.6 Å². The third-order valence-corrected chi connectivity index (χ3v) is 2.82. The molecule has 0 atom stereocenters. The minimum Gasteiger partial charge on any atom is -0.276 e. The second kappa shape index (κ2) is 3.90. The molecule has 1 rings (SSSR count). The molecule has 0 unspecified atom stereocenters. The molecule has 1 nitrogen and oxygen atoms in total. The third kappa shape index (κ3) is 2.09. The second-order valence-corrected chi connectivity index (χ2v) is 4.43. The first kappa shape index (κ1) is 10.2. The number of rotatable bonds is 1. The first-order chi connectivity index (χ1) is 5.52. The quantitative estimate of drug-likeness (QED) is 0.719. The topological polar surface area (TPSA) is 17.1 Å². The van der Waals surface area contributed by atoms with Gasteiger partial charge in [-0.25, -0.2) is 0 Å². The van der Waals surface area contributed by atoms with Crippen LogP contribution in [0.2, 0.25) is 0 Å². The summed E-state index contributed by atoms with van der Waals surface area (Å²) in [4.78, 5) is 10.9. The summed E-state index contributed by atoms with van der Waals surface area (Å²) in [7, 11) is 0. The van der Waals surface area contributed by atoms with E-state index in [9.17, 15) is 4.79 Å². The summed E-state index contributed by atoms with van der Waals surface area (Å²) < 4.78 is 1.43. The van der Waals surface area contributed by atoms with Crippen molar-refractivity contribution >= 4 is 48.7 Å². The van der Waals surface area contributed by atoms with Crippen molar-refractivity contribution in [2.45, 2.75) is 6.92 Å². The number of hydrogen-bond donors (Lipinski definition) is 0. The van der Waals surface area contributed by atoms with Crippen LogP contribution in [0.4, 0.5) is 0 Å². The van der Waals surface area contributed by atoms with E-state index in [-0.39, 0.29) is 0 Å². The average molecular weight is 312 g/mol. The van der Waals surface area contributed by atoms with Crippen molar-refractivity contribution in [3.63, 3.8) is 0 Å². The van der Waals surface area contributed by atoms with Gasteiger partial charge in [-0.15, -0.1) is 0 Å². The largest absolute Gasteiger partial charge is 0.276 e. The smallest absolute Gasteiger partial charge is 0.254 e. The lowest BCUT2D eigenvalue weighted by Gasteiger charge is -2.03. The van der Waals surface area contributed by atoms with E-state index in [1.54, 1.807) is 0 Å². The summed E-state index contributed by atoms with van der Waals surface area (Å²) in [6, 6.07) is 3.70. The van der Waals surface area contributed by atoms with Crippen LogP contribution < -0.4 is 0 Å². The number of carbonyl (C=O) groups is 1. The van der Waals surface area contributed by atoms with Crippen LogP contribution in [-0.4, -0.2) is 5.24 Å². The van der Waals surface area contributed by atoms with E-state index < -0.39 is 5.24 Å². The average Bonchev–Trinajstić information content (AvgIpc) is 1.82. The second-order valence-electron chi connectivity index (χ2n) is 2.38. The summed E-state index contributed by atoms with van der Waals surface area (Å²) in [5.41, 5.74) is 1.54. The summed E-state index contributed by atoms with van der Waals surface area (Å²) in [5.74, 6) is 0. The maximum atomic E-state index is 10.9. The Morgan fingerprint density at radius 2 is 1.75 bits per heavy atom. The molecule has 0 aliphatic heterocycles. The van der Waals surface area contributed by atoms with Crippen LogP contribution in [0.3, 0.4) is 0 Å². The van der Waals surface area contributed by atoms with Crippen molar-refractivity contribution in [3.8, 4) is 0 Å². The summed E-state index contributed by atoms with van der Waals surface area (Å²) in [6.07, 6.45) is 0. The molecule has 0 aliphatic rings. The van der Waals surface area contributed by atoms with Gasteiger partial charge in [-0.3, -0.25) is 4.79 Å². The fourth-order valence-corrected chi connectivity index (χ4v) is 3.09. The van der Waals surface area contributed by atoms with Gasteiger partial charge in [0.05, 0.1) is 5.56 Å². The van der Waals surface area contributed by atoms with Gasteiger partial charge in [-0.1, -0.05) is 0 Å². The maximum absolute atomic E-state index is 10.9. The molecule has 0 radical (unpaired) electrons. The molecule has 1 aromatic carbocycles. The van der Waals surface area contributed by atoms with Crippen molar-refractivity contribution < 1.29 is 4.79 Å². The van der Waals surface area contributed by atoms with Crippen LogP contribution in [0.5, 0.6) is 0 Å². The first-order valence-electron chi connectivity index (χ1n) is 3.18. The molecular weight excluding hydrogens is 307 g/mol. The lowest BCUT2D eigenvalue weighted by Crippen LogP contribution is -1.93. The highest BCUT2D eigenvalue weighted by Gasteiger charge is 2.11. The predicted molar refractivity (Wildman–Crippen MR) is 56.8 cm³/mol. The number of halogens is 3. The third-order valence-electron chi connectivity index (χ3n) is 1.38. The number of aryl methyl sites for hydroxylation is 1. The van der Waals surface area contributed by atoms with Gasteiger partial charge < -0.3 is 0 Å². The summed E-state index contributed by atoms with van der Waals surface area (Å²) in [6.45, 7) is 1.94. The summed E-state index contributed by atoms with van der Waals surface area (Å²) in [5, 5.41) is -0.464. The van der Waals surface area contributed by atoms with E-state index in [2.05, 4.69) is 31.9 Å².